The minimum Gasteiger partial charge on any atom is -0.504 e. The molecular weight excluding hydrogens is 432 g/mol. The van der Waals surface area contributed by atoms with Crippen molar-refractivity contribution < 1.29 is 14.6 Å². The summed E-state index contributed by atoms with van der Waals surface area (Å²) in [6, 6.07) is 14.1. The van der Waals surface area contributed by atoms with Crippen LogP contribution in [0, 0.1) is 5.41 Å². The maximum absolute atomic E-state index is 12.6. The van der Waals surface area contributed by atoms with Crippen LogP contribution in [0.15, 0.2) is 67.5 Å². The quantitative estimate of drug-likeness (QED) is 0.285. The molecule has 0 bridgehead atoms. The molecular formula is C25H26N6O3. The van der Waals surface area contributed by atoms with Crippen molar-refractivity contribution in [1.29, 1.82) is 5.41 Å². The summed E-state index contributed by atoms with van der Waals surface area (Å²) in [5.41, 5.74) is 7.29. The number of ether oxygens (including phenoxy) is 1. The number of amides is 1. The number of anilines is 3. The zero-order chi connectivity index (χ0) is 24.3. The van der Waals surface area contributed by atoms with Crippen molar-refractivity contribution in [3.8, 4) is 11.5 Å². The predicted octanol–water partition coefficient (Wildman–Crippen LogP) is 3.35. The molecule has 1 heterocycles. The zero-order valence-corrected chi connectivity index (χ0v) is 18.8. The summed E-state index contributed by atoms with van der Waals surface area (Å²) in [6.45, 7) is 4.03. The van der Waals surface area contributed by atoms with Gasteiger partial charge >= 0.3 is 0 Å². The van der Waals surface area contributed by atoms with Crippen LogP contribution in [-0.4, -0.2) is 45.9 Å². The summed E-state index contributed by atoms with van der Waals surface area (Å²) in [5, 5.41) is 22.3. The average Bonchev–Trinajstić information content (AvgIpc) is 3.61. The van der Waals surface area contributed by atoms with Gasteiger partial charge in [-0.05, 0) is 49.2 Å². The van der Waals surface area contributed by atoms with Gasteiger partial charge in [0.25, 0.3) is 0 Å². The summed E-state index contributed by atoms with van der Waals surface area (Å²) in [4.78, 5) is 22.7. The molecule has 1 aliphatic carbocycles. The molecule has 174 valence electrons. The highest BCUT2D eigenvalue weighted by Crippen LogP contribution is 2.41. The fourth-order valence-electron chi connectivity index (χ4n) is 3.77. The van der Waals surface area contributed by atoms with Gasteiger partial charge in [0.1, 0.15) is 18.0 Å². The number of aromatic nitrogens is 2. The smallest absolute Gasteiger partial charge is 0.250 e. The maximum atomic E-state index is 12.6. The summed E-state index contributed by atoms with van der Waals surface area (Å²) in [7, 11) is 1.45. The lowest BCUT2D eigenvalue weighted by molar-refractivity contribution is -0.114. The van der Waals surface area contributed by atoms with Gasteiger partial charge in [-0.3, -0.25) is 10.2 Å². The van der Waals surface area contributed by atoms with Crippen molar-refractivity contribution in [2.45, 2.75) is 18.4 Å². The number of nitrogens with two attached hydrogens (primary N) is 1. The minimum absolute atomic E-state index is 0.0523. The average molecular weight is 459 g/mol. The molecule has 1 aliphatic rings. The first-order valence-electron chi connectivity index (χ1n) is 10.7. The van der Waals surface area contributed by atoms with Crippen LogP contribution >= 0.6 is 0 Å². The summed E-state index contributed by atoms with van der Waals surface area (Å²) >= 11 is 0. The van der Waals surface area contributed by atoms with Gasteiger partial charge in [-0.15, -0.1) is 0 Å². The van der Waals surface area contributed by atoms with Gasteiger partial charge < -0.3 is 25.8 Å². The molecule has 4 rings (SSSR count). The van der Waals surface area contributed by atoms with Crippen LogP contribution < -0.4 is 20.7 Å². The number of para-hydroxylation sites is 1. The van der Waals surface area contributed by atoms with Crippen LogP contribution in [0.1, 0.15) is 24.0 Å². The van der Waals surface area contributed by atoms with E-state index in [1.165, 1.54) is 25.6 Å². The van der Waals surface area contributed by atoms with Gasteiger partial charge in [0, 0.05) is 17.8 Å². The first kappa shape index (κ1) is 22.8. The van der Waals surface area contributed by atoms with E-state index in [0.29, 0.717) is 29.2 Å². The number of carbonyl (C=O) groups excluding carboxylic acids is 1. The van der Waals surface area contributed by atoms with E-state index in [-0.39, 0.29) is 23.2 Å². The van der Waals surface area contributed by atoms with Gasteiger partial charge in [-0.1, -0.05) is 24.8 Å². The Hall–Kier alpha value is -4.40. The Balaban J connectivity index is 1.64. The molecule has 0 atom stereocenters. The highest BCUT2D eigenvalue weighted by Gasteiger charge is 2.46. The number of carbonyl (C=O) groups is 1. The third-order valence-electron chi connectivity index (χ3n) is 5.80. The lowest BCUT2D eigenvalue weighted by atomic mass is 10.0. The number of hydrogen-bond donors (Lipinski definition) is 4. The van der Waals surface area contributed by atoms with E-state index in [1.807, 2.05) is 30.3 Å². The predicted molar refractivity (Wildman–Crippen MR) is 132 cm³/mol. The number of methoxy groups -OCH3 is 1. The van der Waals surface area contributed by atoms with Crippen molar-refractivity contribution in [3.05, 3.63) is 78.6 Å². The standard InChI is InChI=1S/C25H26N6O3/c1-3-20(33)31(17-7-5-4-6-8-17)14-25(11-12-25)30-24-21(23(27)28-15-29-24)22(26)16-9-10-19(34-2)18(32)13-16/h3-10,13,15,26,32H,1,11-12,14H2,2H3,(H3,27,28,29,30). The molecule has 9 heteroatoms. The van der Waals surface area contributed by atoms with Gasteiger partial charge in [-0.25, -0.2) is 9.97 Å². The lowest BCUT2D eigenvalue weighted by Gasteiger charge is -2.28. The number of benzene rings is 2. The van der Waals surface area contributed by atoms with E-state index in [1.54, 1.807) is 17.0 Å². The number of nitrogens with one attached hydrogen (secondary N) is 2. The Morgan fingerprint density at radius 2 is 2.03 bits per heavy atom. The van der Waals surface area contributed by atoms with Crippen LogP contribution in [0.5, 0.6) is 11.5 Å². The van der Waals surface area contributed by atoms with Crippen molar-refractivity contribution in [2.75, 3.05) is 29.6 Å². The molecule has 9 nitrogen and oxygen atoms in total. The van der Waals surface area contributed by atoms with E-state index in [9.17, 15) is 9.90 Å². The second-order valence-electron chi connectivity index (χ2n) is 8.11. The van der Waals surface area contributed by atoms with E-state index < -0.39 is 5.54 Å². The largest absolute Gasteiger partial charge is 0.504 e. The Labute approximate surface area is 197 Å². The summed E-state index contributed by atoms with van der Waals surface area (Å²) in [6.07, 6.45) is 4.24. The Bertz CT molecular complexity index is 1240. The van der Waals surface area contributed by atoms with Crippen molar-refractivity contribution in [2.24, 2.45) is 0 Å². The first-order valence-corrected chi connectivity index (χ1v) is 10.7. The molecule has 0 radical (unpaired) electrons. The highest BCUT2D eigenvalue weighted by molar-refractivity contribution is 6.16. The van der Waals surface area contributed by atoms with Crippen molar-refractivity contribution in [1.82, 2.24) is 9.97 Å². The topological polar surface area (TPSA) is 137 Å². The molecule has 1 aromatic heterocycles. The fraction of sp³-hybridized carbons (Fsp3) is 0.200. The third-order valence-corrected chi connectivity index (χ3v) is 5.80. The second kappa shape index (κ2) is 9.22. The molecule has 5 N–H and O–H groups in total. The molecule has 3 aromatic rings. The van der Waals surface area contributed by atoms with Gasteiger partial charge in [-0.2, -0.15) is 0 Å². The van der Waals surface area contributed by atoms with Crippen LogP contribution in [0.25, 0.3) is 0 Å². The fourth-order valence-corrected chi connectivity index (χ4v) is 3.77. The van der Waals surface area contributed by atoms with Crippen LogP contribution in [0.4, 0.5) is 17.3 Å². The van der Waals surface area contributed by atoms with Gasteiger partial charge in [0.2, 0.25) is 5.91 Å². The normalized spacial score (nSPS) is 13.6. The van der Waals surface area contributed by atoms with Gasteiger partial charge in [0.05, 0.1) is 23.9 Å². The first-order chi connectivity index (χ1) is 16.4. The molecule has 0 unspecified atom stereocenters. The summed E-state index contributed by atoms with van der Waals surface area (Å²) in [5.74, 6) is 0.537. The van der Waals surface area contributed by atoms with Crippen molar-refractivity contribution >= 4 is 28.9 Å². The van der Waals surface area contributed by atoms with Gasteiger partial charge in [0.15, 0.2) is 11.5 Å². The Morgan fingerprint density at radius 1 is 1.29 bits per heavy atom. The number of nitrogen functional groups attached to an aromatic ring is 1. The second-order valence-corrected chi connectivity index (χ2v) is 8.11. The molecule has 1 saturated carbocycles. The maximum Gasteiger partial charge on any atom is 0.250 e. The number of phenols is 1. The molecule has 1 fully saturated rings. The third kappa shape index (κ3) is 4.54. The highest BCUT2D eigenvalue weighted by atomic mass is 16.5. The minimum atomic E-state index is -0.438. The molecule has 2 aromatic carbocycles. The lowest BCUT2D eigenvalue weighted by Crippen LogP contribution is -2.42. The number of aromatic hydroxyl groups is 1. The number of phenolic OH excluding ortho intramolecular Hbond substituents is 1. The van der Waals surface area contributed by atoms with E-state index in [2.05, 4.69) is 21.9 Å². The van der Waals surface area contributed by atoms with E-state index >= 15 is 0 Å². The monoisotopic (exact) mass is 458 g/mol. The van der Waals surface area contributed by atoms with Crippen LogP contribution in [0.3, 0.4) is 0 Å². The number of hydrogen-bond acceptors (Lipinski definition) is 8. The van der Waals surface area contributed by atoms with E-state index in [0.717, 1.165) is 18.5 Å². The SMILES string of the molecule is C=CC(=O)N(CC1(Nc2ncnc(N)c2C(=N)c2ccc(OC)c(O)c2)CC1)c1ccccc1. The molecule has 0 aliphatic heterocycles. The molecule has 1 amide bonds. The zero-order valence-electron chi connectivity index (χ0n) is 18.8. The Kier molecular flexibility index (Phi) is 6.18. The number of nitrogens with zero attached hydrogens (tertiary/aromatic N) is 3. The van der Waals surface area contributed by atoms with Crippen molar-refractivity contribution in [3.63, 3.8) is 0 Å². The number of rotatable bonds is 9. The van der Waals surface area contributed by atoms with E-state index in [4.69, 9.17) is 15.9 Å². The molecule has 34 heavy (non-hydrogen) atoms. The molecule has 0 saturated heterocycles. The molecule has 0 spiro atoms. The Morgan fingerprint density at radius 3 is 2.65 bits per heavy atom. The summed E-state index contributed by atoms with van der Waals surface area (Å²) < 4.78 is 5.09. The van der Waals surface area contributed by atoms with Crippen LogP contribution in [0.2, 0.25) is 0 Å². The van der Waals surface area contributed by atoms with Crippen LogP contribution in [-0.2, 0) is 4.79 Å².